The molecule has 0 spiro atoms. The molecule has 5 N–H and O–H groups in total. The molecule has 1 unspecified atom stereocenters. The summed E-state index contributed by atoms with van der Waals surface area (Å²) >= 11 is 0. The molecule has 35 heavy (non-hydrogen) atoms. The van der Waals surface area contributed by atoms with Crippen LogP contribution >= 0.6 is 0 Å². The molecule has 9 heteroatoms. The molecule has 4 rings (SSSR count). The maximum Gasteiger partial charge on any atom is 0.264 e. The highest BCUT2D eigenvalue weighted by molar-refractivity contribution is 5.98. The van der Waals surface area contributed by atoms with Crippen LogP contribution in [0.4, 0.5) is 5.82 Å². The fraction of sp³-hybridized carbons (Fsp3) is 0.346. The molecule has 0 radical (unpaired) electrons. The quantitative estimate of drug-likeness (QED) is 0.370. The second-order valence-electron chi connectivity index (χ2n) is 9.09. The van der Waals surface area contributed by atoms with Crippen molar-refractivity contribution in [3.05, 3.63) is 58.7 Å². The number of aliphatic hydroxyl groups excluding tert-OH is 1. The number of amides is 2. The summed E-state index contributed by atoms with van der Waals surface area (Å²) in [4.78, 5) is 26.0. The number of phenols is 1. The summed E-state index contributed by atoms with van der Waals surface area (Å²) in [5, 5.41) is 32.4. The van der Waals surface area contributed by atoms with Crippen LogP contribution in [0.25, 0.3) is 11.3 Å². The van der Waals surface area contributed by atoms with Crippen LogP contribution in [0.3, 0.4) is 0 Å². The number of benzene rings is 2. The van der Waals surface area contributed by atoms with E-state index in [1.807, 2.05) is 44.2 Å². The number of rotatable bonds is 6. The Morgan fingerprint density at radius 1 is 1.17 bits per heavy atom. The molecule has 1 aromatic heterocycles. The Morgan fingerprint density at radius 3 is 2.57 bits per heavy atom. The number of aliphatic hydroxyl groups is 1. The number of H-pyrrole nitrogens is 1. The minimum Gasteiger partial charge on any atom is -0.507 e. The summed E-state index contributed by atoms with van der Waals surface area (Å²) in [7, 11) is 0. The van der Waals surface area contributed by atoms with Gasteiger partial charge in [0.1, 0.15) is 17.5 Å². The number of aromatic hydroxyl groups is 1. The number of carbonyl (C=O) groups excluding carboxylic acids is 2. The molecule has 184 valence electrons. The number of nitrogens with zero attached hydrogens (tertiary/aromatic N) is 1. The fourth-order valence-corrected chi connectivity index (χ4v) is 4.28. The summed E-state index contributed by atoms with van der Waals surface area (Å²) < 4.78 is 6.17. The van der Waals surface area contributed by atoms with Gasteiger partial charge < -0.3 is 25.6 Å². The smallest absolute Gasteiger partial charge is 0.264 e. The number of fused-ring (bicyclic) bond motifs is 1. The molecule has 0 bridgehead atoms. The molecule has 0 fully saturated rings. The van der Waals surface area contributed by atoms with Gasteiger partial charge in [0.05, 0.1) is 12.3 Å². The third-order valence-electron chi connectivity index (χ3n) is 6.72. The zero-order valence-electron chi connectivity index (χ0n) is 20.2. The van der Waals surface area contributed by atoms with Crippen molar-refractivity contribution in [3.63, 3.8) is 0 Å². The van der Waals surface area contributed by atoms with Crippen molar-refractivity contribution >= 4 is 17.6 Å². The number of phenolic OH excluding ortho intramolecular Hbond substituents is 1. The van der Waals surface area contributed by atoms with Gasteiger partial charge >= 0.3 is 0 Å². The number of aromatic nitrogens is 2. The van der Waals surface area contributed by atoms with Gasteiger partial charge in [-0.05, 0) is 56.4 Å². The molecule has 2 atom stereocenters. The van der Waals surface area contributed by atoms with Crippen LogP contribution in [-0.4, -0.2) is 50.5 Å². The Morgan fingerprint density at radius 2 is 1.89 bits per heavy atom. The molecular weight excluding hydrogens is 448 g/mol. The molecule has 9 nitrogen and oxygen atoms in total. The predicted molar refractivity (Wildman–Crippen MR) is 131 cm³/mol. The van der Waals surface area contributed by atoms with E-state index < -0.39 is 30.1 Å². The van der Waals surface area contributed by atoms with Gasteiger partial charge in [-0.1, -0.05) is 30.3 Å². The molecular formula is C26H30N4O5. The molecule has 2 heterocycles. The Balaban J connectivity index is 1.46. The van der Waals surface area contributed by atoms with Gasteiger partial charge in [0.25, 0.3) is 11.8 Å². The number of hydrogen-bond donors (Lipinski definition) is 5. The summed E-state index contributed by atoms with van der Waals surface area (Å²) in [6.45, 7) is 6.54. The van der Waals surface area contributed by atoms with Crippen LogP contribution in [0.15, 0.2) is 36.4 Å². The third kappa shape index (κ3) is 4.59. The van der Waals surface area contributed by atoms with Gasteiger partial charge in [-0.25, -0.2) is 0 Å². The minimum absolute atomic E-state index is 0.240. The number of hydrogen-bond acceptors (Lipinski definition) is 6. The van der Waals surface area contributed by atoms with Gasteiger partial charge in [-0.3, -0.25) is 14.7 Å². The lowest BCUT2D eigenvalue weighted by atomic mass is 9.86. The second kappa shape index (κ2) is 9.42. The minimum atomic E-state index is -1.24. The van der Waals surface area contributed by atoms with Gasteiger partial charge in [-0.2, -0.15) is 5.10 Å². The normalized spacial score (nSPS) is 17.7. The zero-order chi connectivity index (χ0) is 25.3. The summed E-state index contributed by atoms with van der Waals surface area (Å²) in [5.41, 5.74) is 3.47. The first-order chi connectivity index (χ1) is 16.6. The van der Waals surface area contributed by atoms with Crippen molar-refractivity contribution < 1.29 is 24.5 Å². The van der Waals surface area contributed by atoms with Crippen LogP contribution in [0, 0.1) is 20.8 Å². The Labute approximate surface area is 203 Å². The highest BCUT2D eigenvalue weighted by atomic mass is 16.5. The molecule has 2 aromatic carbocycles. The third-order valence-corrected chi connectivity index (χ3v) is 6.72. The largest absolute Gasteiger partial charge is 0.507 e. The van der Waals surface area contributed by atoms with Crippen LogP contribution in [0.5, 0.6) is 11.5 Å². The van der Waals surface area contributed by atoms with E-state index >= 15 is 0 Å². The van der Waals surface area contributed by atoms with Gasteiger partial charge in [0.2, 0.25) is 0 Å². The van der Waals surface area contributed by atoms with Gasteiger partial charge in [0, 0.05) is 18.1 Å². The van der Waals surface area contributed by atoms with E-state index in [9.17, 15) is 19.8 Å². The van der Waals surface area contributed by atoms with E-state index in [2.05, 4.69) is 20.8 Å². The van der Waals surface area contributed by atoms with Crippen molar-refractivity contribution in [2.24, 2.45) is 0 Å². The number of ether oxygens (including phenoxy) is 1. The second-order valence-corrected chi connectivity index (χ2v) is 9.09. The molecule has 3 aromatic rings. The summed E-state index contributed by atoms with van der Waals surface area (Å²) in [6.07, 6.45) is 0.888. The van der Waals surface area contributed by atoms with E-state index in [4.69, 9.17) is 4.74 Å². The van der Waals surface area contributed by atoms with E-state index in [-0.39, 0.29) is 11.6 Å². The van der Waals surface area contributed by atoms with Crippen LogP contribution in [0.2, 0.25) is 0 Å². The molecule has 0 saturated carbocycles. The van der Waals surface area contributed by atoms with E-state index in [0.717, 1.165) is 27.9 Å². The lowest BCUT2D eigenvalue weighted by Gasteiger charge is -2.37. The molecule has 2 amide bonds. The molecule has 0 aliphatic carbocycles. The number of aromatic amines is 1. The molecule has 0 saturated heterocycles. The lowest BCUT2D eigenvalue weighted by molar-refractivity contribution is -0.140. The van der Waals surface area contributed by atoms with E-state index in [1.54, 1.807) is 19.9 Å². The highest BCUT2D eigenvalue weighted by Crippen LogP contribution is 2.43. The first-order valence-electron chi connectivity index (χ1n) is 11.5. The Bertz CT molecular complexity index is 1270. The van der Waals surface area contributed by atoms with Crippen LogP contribution in [0.1, 0.15) is 35.6 Å². The SMILES string of the molecule is Cc1c(C)c2c(c(C)c1O)CCC(C)(C(=O)N[C@@H](CO)C(=O)Nc1cc(-c3ccccc3)[nH]n1)O2. The Kier molecular flexibility index (Phi) is 6.53. The highest BCUT2D eigenvalue weighted by Gasteiger charge is 2.42. The maximum atomic E-state index is 13.2. The number of carbonyl (C=O) groups is 2. The van der Waals surface area contributed by atoms with Crippen molar-refractivity contribution in [1.82, 2.24) is 15.5 Å². The fourth-order valence-electron chi connectivity index (χ4n) is 4.28. The molecule has 1 aliphatic heterocycles. The van der Waals surface area contributed by atoms with Crippen LogP contribution in [-0.2, 0) is 16.0 Å². The average molecular weight is 479 g/mol. The van der Waals surface area contributed by atoms with Crippen molar-refractivity contribution in [2.75, 3.05) is 11.9 Å². The maximum absolute atomic E-state index is 13.2. The van der Waals surface area contributed by atoms with Crippen molar-refractivity contribution in [2.45, 2.75) is 52.2 Å². The molecule has 1 aliphatic rings. The summed E-state index contributed by atoms with van der Waals surface area (Å²) in [6, 6.07) is 9.99. The first kappa shape index (κ1) is 24.3. The standard InChI is InChI=1S/C26H30N4O5/c1-14-15(2)23-18(16(3)22(14)32)10-11-26(4,35-23)25(34)27-20(13-31)24(33)28-21-12-19(29-30-21)17-8-6-5-7-9-17/h5-9,12,20,31-32H,10-11,13H2,1-4H3,(H,27,34)(H2,28,29,30,33)/t20-,26?/m0/s1. The van der Waals surface area contributed by atoms with E-state index in [1.165, 1.54) is 0 Å². The zero-order valence-corrected chi connectivity index (χ0v) is 20.2. The number of nitrogens with one attached hydrogen (secondary N) is 3. The van der Waals surface area contributed by atoms with E-state index in [0.29, 0.717) is 24.2 Å². The average Bonchev–Trinajstić information content (AvgIpc) is 3.33. The van der Waals surface area contributed by atoms with Gasteiger partial charge in [-0.15, -0.1) is 0 Å². The topological polar surface area (TPSA) is 137 Å². The predicted octanol–water partition coefficient (Wildman–Crippen LogP) is 2.91. The number of anilines is 1. The summed E-state index contributed by atoms with van der Waals surface area (Å²) in [5.74, 6) is -0.0101. The first-order valence-corrected chi connectivity index (χ1v) is 11.5. The van der Waals surface area contributed by atoms with Crippen LogP contribution < -0.4 is 15.4 Å². The Hall–Kier alpha value is -3.85. The monoisotopic (exact) mass is 478 g/mol. The van der Waals surface area contributed by atoms with Crippen molar-refractivity contribution in [3.8, 4) is 22.8 Å². The van der Waals surface area contributed by atoms with Gasteiger partial charge in [0.15, 0.2) is 11.4 Å². The van der Waals surface area contributed by atoms with Crippen molar-refractivity contribution in [1.29, 1.82) is 0 Å². The lowest BCUT2D eigenvalue weighted by Crippen LogP contribution is -2.57.